The number of rotatable bonds is 3. The van der Waals surface area contributed by atoms with E-state index in [0.717, 1.165) is 17.8 Å². The highest BCUT2D eigenvalue weighted by Crippen LogP contribution is 2.59. The molecule has 4 aliphatic carbocycles. The van der Waals surface area contributed by atoms with Crippen LogP contribution >= 0.6 is 0 Å². The maximum absolute atomic E-state index is 11.2. The van der Waals surface area contributed by atoms with Crippen LogP contribution in [0.4, 0.5) is 0 Å². The number of nitrogens with one attached hydrogen (secondary N) is 1. The van der Waals surface area contributed by atoms with Gasteiger partial charge < -0.3 is 0 Å². The molecule has 16 heavy (non-hydrogen) atoms. The monoisotopic (exact) mass is 243 g/mol. The van der Waals surface area contributed by atoms with Gasteiger partial charge in [0.2, 0.25) is 10.0 Å². The lowest BCUT2D eigenvalue weighted by Gasteiger charge is -2.56. The normalized spacial score (nSPS) is 46.2. The summed E-state index contributed by atoms with van der Waals surface area (Å²) in [5.41, 5.74) is 0.317. The average molecular weight is 243 g/mol. The largest absolute Gasteiger partial charge is 0.215 e. The van der Waals surface area contributed by atoms with Gasteiger partial charge in [-0.2, -0.15) is 0 Å². The lowest BCUT2D eigenvalue weighted by Crippen LogP contribution is -2.51. The van der Waals surface area contributed by atoms with Crippen LogP contribution in [0, 0.1) is 23.2 Å². The first-order valence-electron chi connectivity index (χ1n) is 6.39. The minimum absolute atomic E-state index is 0.317. The molecule has 0 aliphatic heterocycles. The van der Waals surface area contributed by atoms with Gasteiger partial charge in [0.05, 0.1) is 6.26 Å². The fraction of sp³-hybridized carbons (Fsp3) is 1.00. The Morgan fingerprint density at radius 1 is 1.06 bits per heavy atom. The maximum Gasteiger partial charge on any atom is 0.208 e. The molecule has 0 aromatic rings. The molecule has 1 N–H and O–H groups in total. The van der Waals surface area contributed by atoms with Crippen LogP contribution in [0.2, 0.25) is 0 Å². The van der Waals surface area contributed by atoms with Crippen molar-refractivity contribution in [1.29, 1.82) is 0 Å². The lowest BCUT2D eigenvalue weighted by molar-refractivity contribution is -0.0486. The maximum atomic E-state index is 11.2. The van der Waals surface area contributed by atoms with Crippen molar-refractivity contribution in [2.75, 3.05) is 12.8 Å². The quantitative estimate of drug-likeness (QED) is 0.821. The van der Waals surface area contributed by atoms with Crippen LogP contribution in [0.3, 0.4) is 0 Å². The second-order valence-electron chi connectivity index (χ2n) is 6.51. The minimum Gasteiger partial charge on any atom is -0.215 e. The van der Waals surface area contributed by atoms with Crippen molar-refractivity contribution >= 4 is 10.0 Å². The van der Waals surface area contributed by atoms with Gasteiger partial charge in [-0.1, -0.05) is 0 Å². The van der Waals surface area contributed by atoms with Gasteiger partial charge in [-0.25, -0.2) is 13.1 Å². The van der Waals surface area contributed by atoms with E-state index in [4.69, 9.17) is 0 Å². The van der Waals surface area contributed by atoms with Crippen molar-refractivity contribution in [3.05, 3.63) is 0 Å². The molecule has 3 nitrogen and oxygen atoms in total. The smallest absolute Gasteiger partial charge is 0.208 e. The summed E-state index contributed by atoms with van der Waals surface area (Å²) in [6.07, 6.45) is 9.31. The summed E-state index contributed by atoms with van der Waals surface area (Å²) in [5, 5.41) is 0. The molecule has 0 aromatic heterocycles. The zero-order valence-electron chi connectivity index (χ0n) is 9.91. The molecule has 92 valence electrons. The Kier molecular flexibility index (Phi) is 2.38. The van der Waals surface area contributed by atoms with Crippen molar-refractivity contribution < 1.29 is 8.42 Å². The first-order chi connectivity index (χ1) is 7.44. The van der Waals surface area contributed by atoms with E-state index in [1.807, 2.05) is 0 Å². The minimum atomic E-state index is -3.02. The standard InChI is InChI=1S/C12H21NO2S/c1-16(14,15)13-8-12-5-9-2-10(6-12)4-11(3-9)7-12/h9-11,13H,2-8H2,1H3. The molecule has 0 unspecified atom stereocenters. The molecular formula is C12H21NO2S. The number of hydrogen-bond acceptors (Lipinski definition) is 2. The summed E-state index contributed by atoms with van der Waals surface area (Å²) < 4.78 is 25.2. The van der Waals surface area contributed by atoms with Crippen molar-refractivity contribution in [3.63, 3.8) is 0 Å². The number of hydrogen-bond donors (Lipinski definition) is 1. The Hall–Kier alpha value is -0.0900. The van der Waals surface area contributed by atoms with Gasteiger partial charge in [0.25, 0.3) is 0 Å². The van der Waals surface area contributed by atoms with Crippen LogP contribution < -0.4 is 4.72 Å². The molecule has 4 bridgehead atoms. The summed E-state index contributed by atoms with van der Waals surface area (Å²) in [6, 6.07) is 0. The second kappa shape index (κ2) is 3.45. The van der Waals surface area contributed by atoms with Crippen LogP contribution in [0.15, 0.2) is 0 Å². The molecule has 4 saturated carbocycles. The lowest BCUT2D eigenvalue weighted by atomic mass is 9.50. The predicted molar refractivity (Wildman–Crippen MR) is 63.5 cm³/mol. The van der Waals surface area contributed by atoms with Crippen molar-refractivity contribution in [3.8, 4) is 0 Å². The summed E-state index contributed by atoms with van der Waals surface area (Å²) in [4.78, 5) is 0. The number of sulfonamides is 1. The van der Waals surface area contributed by atoms with Gasteiger partial charge in [0.15, 0.2) is 0 Å². The molecular weight excluding hydrogens is 222 g/mol. The third-order valence-corrected chi connectivity index (χ3v) is 5.54. The average Bonchev–Trinajstić information content (AvgIpc) is 2.11. The van der Waals surface area contributed by atoms with Crippen LogP contribution in [-0.2, 0) is 10.0 Å². The van der Waals surface area contributed by atoms with E-state index in [-0.39, 0.29) is 0 Å². The fourth-order valence-electron chi connectivity index (χ4n) is 4.79. The summed E-state index contributed by atoms with van der Waals surface area (Å²) in [6.45, 7) is 0.690. The summed E-state index contributed by atoms with van der Waals surface area (Å²) in [7, 11) is -3.02. The zero-order valence-corrected chi connectivity index (χ0v) is 10.7. The molecule has 0 amide bonds. The van der Waals surface area contributed by atoms with Gasteiger partial charge >= 0.3 is 0 Å². The highest BCUT2D eigenvalue weighted by atomic mass is 32.2. The summed E-state index contributed by atoms with van der Waals surface area (Å²) >= 11 is 0. The third-order valence-electron chi connectivity index (χ3n) is 4.87. The molecule has 4 heteroatoms. The van der Waals surface area contributed by atoms with Crippen molar-refractivity contribution in [1.82, 2.24) is 4.72 Å². The highest BCUT2D eigenvalue weighted by molar-refractivity contribution is 7.88. The van der Waals surface area contributed by atoms with E-state index in [9.17, 15) is 8.42 Å². The first kappa shape index (κ1) is 11.0. The van der Waals surface area contributed by atoms with Gasteiger partial charge in [-0.3, -0.25) is 0 Å². The Morgan fingerprint density at radius 3 is 1.88 bits per heavy atom. The van der Waals surface area contributed by atoms with Gasteiger partial charge in [-0.05, 0) is 61.7 Å². The van der Waals surface area contributed by atoms with Gasteiger partial charge in [-0.15, -0.1) is 0 Å². The van der Waals surface area contributed by atoms with Gasteiger partial charge in [0.1, 0.15) is 0 Å². The Bertz CT molecular complexity index is 353. The SMILES string of the molecule is CS(=O)(=O)NCC12CC3CC(CC(C3)C1)C2. The Balaban J connectivity index is 1.74. The molecule has 4 fully saturated rings. The Morgan fingerprint density at radius 2 is 1.50 bits per heavy atom. The van der Waals surface area contributed by atoms with Crippen LogP contribution in [0.1, 0.15) is 38.5 Å². The van der Waals surface area contributed by atoms with E-state index in [1.165, 1.54) is 44.8 Å². The fourth-order valence-corrected chi connectivity index (χ4v) is 5.36. The van der Waals surface area contributed by atoms with E-state index >= 15 is 0 Å². The molecule has 0 atom stereocenters. The van der Waals surface area contributed by atoms with Gasteiger partial charge in [0, 0.05) is 6.54 Å². The Labute approximate surface area is 98.0 Å². The van der Waals surface area contributed by atoms with E-state index in [0.29, 0.717) is 12.0 Å². The zero-order chi connectivity index (χ0) is 11.4. The third kappa shape index (κ3) is 2.02. The van der Waals surface area contributed by atoms with E-state index < -0.39 is 10.0 Å². The van der Waals surface area contributed by atoms with Crippen LogP contribution in [0.5, 0.6) is 0 Å². The van der Waals surface area contributed by atoms with Crippen molar-refractivity contribution in [2.24, 2.45) is 23.2 Å². The van der Waals surface area contributed by atoms with E-state index in [1.54, 1.807) is 0 Å². The molecule has 0 heterocycles. The molecule has 4 rings (SSSR count). The predicted octanol–water partition coefficient (Wildman–Crippen LogP) is 1.75. The highest BCUT2D eigenvalue weighted by Gasteiger charge is 2.50. The molecule has 0 aromatic carbocycles. The van der Waals surface area contributed by atoms with Crippen molar-refractivity contribution in [2.45, 2.75) is 38.5 Å². The molecule has 4 aliphatic rings. The van der Waals surface area contributed by atoms with Crippen LogP contribution in [-0.4, -0.2) is 21.2 Å². The topological polar surface area (TPSA) is 46.2 Å². The van der Waals surface area contributed by atoms with Crippen LogP contribution in [0.25, 0.3) is 0 Å². The molecule has 0 spiro atoms. The second-order valence-corrected chi connectivity index (χ2v) is 8.34. The van der Waals surface area contributed by atoms with E-state index in [2.05, 4.69) is 4.72 Å². The first-order valence-corrected chi connectivity index (χ1v) is 8.28. The molecule has 0 saturated heterocycles. The molecule has 0 radical (unpaired) electrons. The summed E-state index contributed by atoms with van der Waals surface area (Å²) in [5.74, 6) is 2.69.